The fraction of sp³-hybridized carbons (Fsp3) is 0.750. The van der Waals surface area contributed by atoms with Crippen LogP contribution in [0.3, 0.4) is 0 Å². The number of ether oxygens (including phenoxy) is 2. The Morgan fingerprint density at radius 1 is 1.50 bits per heavy atom. The van der Waals surface area contributed by atoms with E-state index in [-0.39, 0.29) is 6.10 Å². The maximum atomic E-state index is 5.59. The van der Waals surface area contributed by atoms with E-state index in [1.807, 2.05) is 13.8 Å². The first-order valence-electron chi connectivity index (χ1n) is 4.39. The first kappa shape index (κ1) is 11.7. The van der Waals surface area contributed by atoms with Crippen molar-refractivity contribution in [2.75, 3.05) is 13.2 Å². The Labute approximate surface area is 92.2 Å². The molecule has 6 heteroatoms. The Balaban J connectivity index is 2.35. The third-order valence-electron chi connectivity index (χ3n) is 1.42. The number of aromatic nitrogens is 2. The van der Waals surface area contributed by atoms with E-state index in [9.17, 15) is 0 Å². The fourth-order valence-electron chi connectivity index (χ4n) is 0.830. The zero-order valence-corrected chi connectivity index (χ0v) is 9.77. The third kappa shape index (κ3) is 3.77. The second kappa shape index (κ2) is 6.16. The van der Waals surface area contributed by atoms with Crippen molar-refractivity contribution < 1.29 is 9.47 Å². The molecule has 0 amide bonds. The van der Waals surface area contributed by atoms with Crippen LogP contribution in [0.2, 0.25) is 0 Å². The number of hydrogen-bond acceptors (Lipinski definition) is 5. The topological polar surface area (TPSA) is 44.2 Å². The molecular weight excluding hydrogens is 224 g/mol. The van der Waals surface area contributed by atoms with Crippen LogP contribution in [0.5, 0.6) is 5.19 Å². The molecular formula is C8H13ClN2O2S. The lowest BCUT2D eigenvalue weighted by Gasteiger charge is -2.10. The van der Waals surface area contributed by atoms with Crippen molar-refractivity contribution in [2.45, 2.75) is 25.8 Å². The maximum Gasteiger partial charge on any atom is 0.294 e. The summed E-state index contributed by atoms with van der Waals surface area (Å²) < 4.78 is 10.7. The van der Waals surface area contributed by atoms with Crippen LogP contribution in [-0.4, -0.2) is 29.5 Å². The van der Waals surface area contributed by atoms with Gasteiger partial charge in [0.25, 0.3) is 5.19 Å². The molecule has 1 heterocycles. The molecule has 0 aromatic carbocycles. The van der Waals surface area contributed by atoms with Gasteiger partial charge < -0.3 is 9.47 Å². The first-order chi connectivity index (χ1) is 6.76. The zero-order valence-electron chi connectivity index (χ0n) is 8.20. The second-order valence-corrected chi connectivity index (χ2v) is 3.98. The van der Waals surface area contributed by atoms with Gasteiger partial charge in [0.1, 0.15) is 11.1 Å². The predicted octanol–water partition coefficient (Wildman–Crippen LogP) is 2.08. The van der Waals surface area contributed by atoms with Gasteiger partial charge >= 0.3 is 0 Å². The molecule has 1 atom stereocenters. The molecule has 1 rings (SSSR count). The number of alkyl halides is 1. The first-order valence-corrected chi connectivity index (χ1v) is 5.74. The third-order valence-corrected chi connectivity index (χ3v) is 2.65. The lowest BCUT2D eigenvalue weighted by molar-refractivity contribution is 0.0652. The Bertz CT molecular complexity index is 270. The molecule has 4 nitrogen and oxygen atoms in total. The van der Waals surface area contributed by atoms with Crippen molar-refractivity contribution in [2.24, 2.45) is 0 Å². The Morgan fingerprint density at radius 2 is 2.29 bits per heavy atom. The summed E-state index contributed by atoms with van der Waals surface area (Å²) in [7, 11) is 0. The van der Waals surface area contributed by atoms with Gasteiger partial charge in [-0.25, -0.2) is 0 Å². The number of nitrogens with zero attached hydrogens (tertiary/aromatic N) is 2. The SMILES string of the molecule is CCOCC(C)Oc1nnc(CCl)s1. The lowest BCUT2D eigenvalue weighted by atomic mass is 10.4. The molecule has 0 aliphatic carbocycles. The van der Waals surface area contributed by atoms with Gasteiger partial charge in [-0.1, -0.05) is 11.3 Å². The summed E-state index contributed by atoms with van der Waals surface area (Å²) >= 11 is 6.95. The fourth-order valence-corrected chi connectivity index (χ4v) is 1.68. The van der Waals surface area contributed by atoms with Gasteiger partial charge in [-0.2, -0.15) is 0 Å². The molecule has 0 N–H and O–H groups in total. The predicted molar refractivity (Wildman–Crippen MR) is 56.0 cm³/mol. The lowest BCUT2D eigenvalue weighted by Crippen LogP contribution is -2.18. The largest absolute Gasteiger partial charge is 0.463 e. The van der Waals surface area contributed by atoms with Gasteiger partial charge in [0.15, 0.2) is 0 Å². The Hall–Kier alpha value is -0.390. The Kier molecular flexibility index (Phi) is 5.14. The molecule has 1 unspecified atom stereocenters. The van der Waals surface area contributed by atoms with E-state index >= 15 is 0 Å². The van der Waals surface area contributed by atoms with E-state index in [2.05, 4.69) is 10.2 Å². The van der Waals surface area contributed by atoms with Gasteiger partial charge in [0.05, 0.1) is 12.5 Å². The van der Waals surface area contributed by atoms with Gasteiger partial charge in [0.2, 0.25) is 0 Å². The molecule has 0 aliphatic heterocycles. The Morgan fingerprint density at radius 3 is 2.86 bits per heavy atom. The van der Waals surface area contributed by atoms with Crippen molar-refractivity contribution in [3.8, 4) is 5.19 Å². The minimum atomic E-state index is -0.00826. The molecule has 0 aliphatic rings. The highest BCUT2D eigenvalue weighted by Gasteiger charge is 2.08. The number of hydrogen-bond donors (Lipinski definition) is 0. The normalized spacial score (nSPS) is 12.8. The molecule has 14 heavy (non-hydrogen) atoms. The second-order valence-electron chi connectivity index (χ2n) is 2.68. The summed E-state index contributed by atoms with van der Waals surface area (Å²) in [6.07, 6.45) is -0.00826. The van der Waals surface area contributed by atoms with Gasteiger partial charge in [-0.05, 0) is 13.8 Å². The van der Waals surface area contributed by atoms with E-state index < -0.39 is 0 Å². The highest BCUT2D eigenvalue weighted by Crippen LogP contribution is 2.20. The molecule has 1 aromatic rings. The van der Waals surface area contributed by atoms with E-state index in [1.165, 1.54) is 11.3 Å². The van der Waals surface area contributed by atoms with Crippen molar-refractivity contribution in [3.05, 3.63) is 5.01 Å². The molecule has 0 radical (unpaired) electrons. The summed E-state index contributed by atoms with van der Waals surface area (Å²) in [6.45, 7) is 5.13. The van der Waals surface area contributed by atoms with Crippen LogP contribution < -0.4 is 4.74 Å². The monoisotopic (exact) mass is 236 g/mol. The standard InChI is InChI=1S/C8H13ClN2O2S/c1-3-12-5-6(2)13-8-11-10-7(4-9)14-8/h6H,3-5H2,1-2H3. The summed E-state index contributed by atoms with van der Waals surface area (Å²) in [5, 5.41) is 9.00. The van der Waals surface area contributed by atoms with Crippen molar-refractivity contribution in [1.82, 2.24) is 10.2 Å². The van der Waals surface area contributed by atoms with Crippen LogP contribution in [0.15, 0.2) is 0 Å². The highest BCUT2D eigenvalue weighted by atomic mass is 35.5. The maximum absolute atomic E-state index is 5.59. The molecule has 0 bridgehead atoms. The average molecular weight is 237 g/mol. The van der Waals surface area contributed by atoms with Crippen LogP contribution in [-0.2, 0) is 10.6 Å². The van der Waals surface area contributed by atoms with Crippen LogP contribution >= 0.6 is 22.9 Å². The number of rotatable bonds is 6. The molecule has 0 saturated heterocycles. The number of halogens is 1. The minimum absolute atomic E-state index is 0.00826. The average Bonchev–Trinajstić information content (AvgIpc) is 2.62. The summed E-state index contributed by atoms with van der Waals surface area (Å²) in [5.74, 6) is 0.376. The molecule has 0 fully saturated rings. The molecule has 80 valence electrons. The molecule has 0 saturated carbocycles. The van der Waals surface area contributed by atoms with E-state index in [1.54, 1.807) is 0 Å². The summed E-state index contributed by atoms with van der Waals surface area (Å²) in [6, 6.07) is 0. The van der Waals surface area contributed by atoms with Gasteiger partial charge in [-0.3, -0.25) is 0 Å². The van der Waals surface area contributed by atoms with Crippen LogP contribution in [0.4, 0.5) is 0 Å². The minimum Gasteiger partial charge on any atom is -0.463 e. The van der Waals surface area contributed by atoms with Crippen molar-refractivity contribution in [3.63, 3.8) is 0 Å². The van der Waals surface area contributed by atoms with Gasteiger partial charge in [0, 0.05) is 6.61 Å². The summed E-state index contributed by atoms with van der Waals surface area (Å²) in [4.78, 5) is 0. The zero-order chi connectivity index (χ0) is 10.4. The van der Waals surface area contributed by atoms with E-state index in [4.69, 9.17) is 21.1 Å². The van der Waals surface area contributed by atoms with Gasteiger partial charge in [-0.15, -0.1) is 21.8 Å². The van der Waals surface area contributed by atoms with Crippen LogP contribution in [0.25, 0.3) is 0 Å². The smallest absolute Gasteiger partial charge is 0.294 e. The summed E-state index contributed by atoms with van der Waals surface area (Å²) in [5.41, 5.74) is 0. The van der Waals surface area contributed by atoms with Crippen LogP contribution in [0, 0.1) is 0 Å². The van der Waals surface area contributed by atoms with E-state index in [0.29, 0.717) is 24.3 Å². The molecule has 0 spiro atoms. The van der Waals surface area contributed by atoms with Crippen molar-refractivity contribution >= 4 is 22.9 Å². The molecule has 1 aromatic heterocycles. The quantitative estimate of drug-likeness (QED) is 0.710. The van der Waals surface area contributed by atoms with Crippen LogP contribution in [0.1, 0.15) is 18.9 Å². The highest BCUT2D eigenvalue weighted by molar-refractivity contribution is 7.13. The van der Waals surface area contributed by atoms with E-state index in [0.717, 1.165) is 5.01 Å². The van der Waals surface area contributed by atoms with Crippen molar-refractivity contribution in [1.29, 1.82) is 0 Å².